The highest BCUT2D eigenvalue weighted by Gasteiger charge is 2.36. The highest BCUT2D eigenvalue weighted by molar-refractivity contribution is 7.90. The Labute approximate surface area is 202 Å². The molecule has 0 bridgehead atoms. The van der Waals surface area contributed by atoms with Crippen LogP contribution in [0.15, 0.2) is 22.7 Å². The van der Waals surface area contributed by atoms with Crippen LogP contribution in [0.4, 0.5) is 0 Å². The van der Waals surface area contributed by atoms with E-state index in [0.717, 1.165) is 0 Å². The standard InChI is InChI=1S/C23H31ClN2O6S/c1-13-19(15-10-9-14(24)11-16(15)21(28)30-8)20(32-25-13)17(26-33(29)23(5,6)7)12-18(27)31-22(2,3)4/h9-11,17,26H,12H2,1-8H3/t17-,33?/m1/s1. The topological polar surface area (TPSA) is 114 Å². The second-order valence-corrected chi connectivity index (χ2v) is 12.0. The minimum atomic E-state index is -1.54. The summed E-state index contributed by atoms with van der Waals surface area (Å²) in [5, 5.41) is 4.42. The van der Waals surface area contributed by atoms with Crippen LogP contribution in [0.25, 0.3) is 11.1 Å². The van der Waals surface area contributed by atoms with Gasteiger partial charge in [-0.25, -0.2) is 4.79 Å². The van der Waals surface area contributed by atoms with Crippen LogP contribution in [0.5, 0.6) is 0 Å². The van der Waals surface area contributed by atoms with Gasteiger partial charge in [0.05, 0.1) is 30.4 Å². The van der Waals surface area contributed by atoms with Gasteiger partial charge in [0, 0.05) is 21.9 Å². The smallest absolute Gasteiger partial charge is 0.338 e. The van der Waals surface area contributed by atoms with Crippen molar-refractivity contribution in [2.45, 2.75) is 71.3 Å². The number of halogens is 1. The first-order valence-corrected chi connectivity index (χ1v) is 11.9. The summed E-state index contributed by atoms with van der Waals surface area (Å²) in [6, 6.07) is 3.94. The van der Waals surface area contributed by atoms with Gasteiger partial charge in [-0.3, -0.25) is 4.79 Å². The summed E-state index contributed by atoms with van der Waals surface area (Å²) < 4.78 is 31.3. The molecule has 8 nitrogen and oxygen atoms in total. The lowest BCUT2D eigenvalue weighted by Crippen LogP contribution is -2.42. The van der Waals surface area contributed by atoms with Gasteiger partial charge in [-0.05, 0) is 60.6 Å². The Morgan fingerprint density at radius 1 is 1.24 bits per heavy atom. The number of carbonyl (C=O) groups excluding carboxylic acids is 2. The number of benzene rings is 1. The third kappa shape index (κ3) is 7.20. The molecule has 0 aliphatic heterocycles. The summed E-state index contributed by atoms with van der Waals surface area (Å²) in [6.45, 7) is 12.4. The van der Waals surface area contributed by atoms with E-state index in [9.17, 15) is 14.1 Å². The third-order valence-electron chi connectivity index (χ3n) is 4.46. The van der Waals surface area contributed by atoms with Crippen LogP contribution < -0.4 is 4.72 Å². The number of aryl methyl sites for hydroxylation is 1. The van der Waals surface area contributed by atoms with Crippen molar-refractivity contribution in [3.05, 3.63) is 40.2 Å². The van der Waals surface area contributed by atoms with Crippen LogP contribution in [0.3, 0.4) is 0 Å². The van der Waals surface area contributed by atoms with Crippen molar-refractivity contribution < 1.29 is 28.1 Å². The number of hydrogen-bond donors (Lipinski definition) is 1. The Kier molecular flexibility index (Phi) is 8.62. The first-order chi connectivity index (χ1) is 15.1. The predicted octanol–water partition coefficient (Wildman–Crippen LogP) is 4.91. The maximum Gasteiger partial charge on any atom is 0.338 e. The van der Waals surface area contributed by atoms with Gasteiger partial charge >= 0.3 is 11.9 Å². The van der Waals surface area contributed by atoms with E-state index in [0.29, 0.717) is 21.8 Å². The monoisotopic (exact) mass is 498 g/mol. The number of carbonyl (C=O) groups is 2. The molecule has 1 aromatic carbocycles. The quantitative estimate of drug-likeness (QED) is 0.423. The predicted molar refractivity (Wildman–Crippen MR) is 127 cm³/mol. The lowest BCUT2D eigenvalue weighted by molar-refractivity contribution is -0.155. The Bertz CT molecular complexity index is 1010. The summed E-state index contributed by atoms with van der Waals surface area (Å²) >= 11 is 4.57. The minimum Gasteiger partial charge on any atom is -0.598 e. The molecule has 10 heteroatoms. The van der Waals surface area contributed by atoms with Gasteiger partial charge in [0.15, 0.2) is 5.76 Å². The van der Waals surface area contributed by atoms with Crippen molar-refractivity contribution in [3.8, 4) is 11.1 Å². The summed E-state index contributed by atoms with van der Waals surface area (Å²) in [7, 11) is 1.27. The maximum absolute atomic E-state index is 12.9. The lowest BCUT2D eigenvalue weighted by atomic mass is 9.95. The van der Waals surface area contributed by atoms with E-state index in [1.807, 2.05) is 20.8 Å². The van der Waals surface area contributed by atoms with Crippen LogP contribution in [0.1, 0.15) is 75.8 Å². The highest BCUT2D eigenvalue weighted by Crippen LogP contribution is 2.37. The van der Waals surface area contributed by atoms with Crippen LogP contribution in [0, 0.1) is 6.92 Å². The molecule has 0 fully saturated rings. The molecule has 2 atom stereocenters. The zero-order valence-corrected chi connectivity index (χ0v) is 21.8. The molecule has 0 amide bonds. The van der Waals surface area contributed by atoms with E-state index in [2.05, 4.69) is 9.88 Å². The fourth-order valence-corrected chi connectivity index (χ4v) is 3.98. The summed E-state index contributed by atoms with van der Waals surface area (Å²) in [5.74, 6) is -0.840. The molecule has 2 aromatic rings. The molecule has 0 spiro atoms. The molecule has 0 aliphatic carbocycles. The number of aromatic nitrogens is 1. The van der Waals surface area contributed by atoms with Gasteiger partial charge in [0.1, 0.15) is 16.4 Å². The van der Waals surface area contributed by atoms with Crippen LogP contribution in [-0.2, 0) is 25.6 Å². The van der Waals surface area contributed by atoms with E-state index in [-0.39, 0.29) is 17.7 Å². The number of nitrogens with one attached hydrogen (secondary N) is 1. The molecule has 1 heterocycles. The third-order valence-corrected chi connectivity index (χ3v) is 6.30. The second kappa shape index (κ2) is 10.5. The van der Waals surface area contributed by atoms with Crippen LogP contribution in [-0.4, -0.2) is 39.1 Å². The number of hydrogen-bond acceptors (Lipinski definition) is 8. The van der Waals surface area contributed by atoms with Gasteiger partial charge in [-0.1, -0.05) is 22.8 Å². The van der Waals surface area contributed by atoms with E-state index in [1.54, 1.807) is 39.8 Å². The summed E-state index contributed by atoms with van der Waals surface area (Å²) in [6.07, 6.45) is -0.165. The Morgan fingerprint density at radius 3 is 2.42 bits per heavy atom. The van der Waals surface area contributed by atoms with Crippen molar-refractivity contribution in [2.75, 3.05) is 7.11 Å². The molecule has 1 aromatic heterocycles. The van der Waals surface area contributed by atoms with Crippen LogP contribution >= 0.6 is 11.6 Å². The van der Waals surface area contributed by atoms with Crippen molar-refractivity contribution in [1.29, 1.82) is 0 Å². The molecular formula is C23H31ClN2O6S. The highest BCUT2D eigenvalue weighted by atomic mass is 35.5. The van der Waals surface area contributed by atoms with Crippen molar-refractivity contribution in [1.82, 2.24) is 9.88 Å². The molecule has 182 valence electrons. The van der Waals surface area contributed by atoms with Gasteiger partial charge in [0.2, 0.25) is 0 Å². The normalized spacial score (nSPS) is 14.0. The van der Waals surface area contributed by atoms with E-state index < -0.39 is 39.7 Å². The van der Waals surface area contributed by atoms with Gasteiger partial charge < -0.3 is 18.5 Å². The zero-order chi connectivity index (χ0) is 25.1. The number of rotatable bonds is 7. The fourth-order valence-electron chi connectivity index (χ4n) is 3.01. The number of esters is 2. The first kappa shape index (κ1) is 27.2. The zero-order valence-electron chi connectivity index (χ0n) is 20.2. The molecule has 1 N–H and O–H groups in total. The number of nitrogens with zero attached hydrogens (tertiary/aromatic N) is 1. The Hall–Kier alpha value is -2.07. The lowest BCUT2D eigenvalue weighted by Gasteiger charge is -2.28. The molecule has 0 saturated carbocycles. The Morgan fingerprint density at radius 2 is 1.88 bits per heavy atom. The first-order valence-electron chi connectivity index (χ1n) is 10.4. The summed E-state index contributed by atoms with van der Waals surface area (Å²) in [5.41, 5.74) is 0.955. The molecule has 0 saturated heterocycles. The molecule has 1 unspecified atom stereocenters. The van der Waals surface area contributed by atoms with Gasteiger partial charge in [-0.15, -0.1) is 4.72 Å². The SMILES string of the molecule is COC(=O)c1cc(Cl)ccc1-c1c(C)noc1[C@@H](CC(=O)OC(C)(C)C)N[S+]([O-])C(C)(C)C. The average Bonchev–Trinajstić information content (AvgIpc) is 3.05. The van der Waals surface area contributed by atoms with Crippen molar-refractivity contribution in [2.24, 2.45) is 0 Å². The molecular weight excluding hydrogens is 468 g/mol. The summed E-state index contributed by atoms with van der Waals surface area (Å²) in [4.78, 5) is 25.1. The molecule has 0 radical (unpaired) electrons. The van der Waals surface area contributed by atoms with Crippen LogP contribution in [0.2, 0.25) is 5.02 Å². The van der Waals surface area contributed by atoms with Crippen molar-refractivity contribution >= 4 is 34.9 Å². The molecule has 33 heavy (non-hydrogen) atoms. The van der Waals surface area contributed by atoms with E-state index >= 15 is 0 Å². The van der Waals surface area contributed by atoms with E-state index in [4.69, 9.17) is 25.6 Å². The Balaban J connectivity index is 2.60. The second-order valence-electron chi connectivity index (χ2n) is 9.53. The van der Waals surface area contributed by atoms with Crippen molar-refractivity contribution in [3.63, 3.8) is 0 Å². The van der Waals surface area contributed by atoms with E-state index in [1.165, 1.54) is 13.2 Å². The molecule has 0 aliphatic rings. The molecule has 2 rings (SSSR count). The van der Waals surface area contributed by atoms with Gasteiger partial charge in [0.25, 0.3) is 0 Å². The number of ether oxygens (including phenoxy) is 2. The maximum atomic E-state index is 12.9. The largest absolute Gasteiger partial charge is 0.598 e. The average molecular weight is 499 g/mol. The number of methoxy groups -OCH3 is 1. The minimum absolute atomic E-state index is 0.165. The van der Waals surface area contributed by atoms with Gasteiger partial charge in [-0.2, -0.15) is 0 Å². The fraction of sp³-hybridized carbons (Fsp3) is 0.522.